The van der Waals surface area contributed by atoms with Gasteiger partial charge in [0.25, 0.3) is 0 Å². The first kappa shape index (κ1) is 21.3. The van der Waals surface area contributed by atoms with Gasteiger partial charge < -0.3 is 10.2 Å². The molecule has 0 unspecified atom stereocenters. The van der Waals surface area contributed by atoms with Crippen molar-refractivity contribution in [3.63, 3.8) is 0 Å². The molecule has 1 amide bonds. The number of halogens is 1. The van der Waals surface area contributed by atoms with E-state index in [1.54, 1.807) is 11.5 Å². The van der Waals surface area contributed by atoms with E-state index in [1.165, 1.54) is 16.2 Å². The van der Waals surface area contributed by atoms with Gasteiger partial charge in [-0.15, -0.1) is 0 Å². The van der Waals surface area contributed by atoms with Crippen molar-refractivity contribution in [3.8, 4) is 0 Å². The molecule has 2 aliphatic rings. The molecule has 5 nitrogen and oxygen atoms in total. The Labute approximate surface area is 192 Å². The van der Waals surface area contributed by atoms with Crippen LogP contribution in [-0.4, -0.2) is 47.9 Å². The number of rotatable bonds is 5. The molecule has 1 fully saturated rings. The van der Waals surface area contributed by atoms with E-state index in [9.17, 15) is 9.18 Å². The summed E-state index contributed by atoms with van der Waals surface area (Å²) in [7, 11) is 0. The van der Waals surface area contributed by atoms with Crippen LogP contribution in [0, 0.1) is 5.82 Å². The zero-order valence-corrected chi connectivity index (χ0v) is 19.5. The fourth-order valence-electron chi connectivity index (χ4n) is 4.94. The van der Waals surface area contributed by atoms with Gasteiger partial charge >= 0.3 is 0 Å². The minimum absolute atomic E-state index is 0.0422. The summed E-state index contributed by atoms with van der Waals surface area (Å²) in [5, 5.41) is 4.07. The van der Waals surface area contributed by atoms with Crippen molar-refractivity contribution < 1.29 is 9.18 Å². The molecule has 0 saturated carbocycles. The number of piperazine rings is 1. The third-order valence-electron chi connectivity index (χ3n) is 6.74. The van der Waals surface area contributed by atoms with Crippen LogP contribution in [0.15, 0.2) is 36.4 Å². The number of hydrogen-bond donors (Lipinski definition) is 1. The first-order chi connectivity index (χ1) is 15.4. The Kier molecular flexibility index (Phi) is 5.63. The predicted molar refractivity (Wildman–Crippen MR) is 129 cm³/mol. The van der Waals surface area contributed by atoms with Crippen molar-refractivity contribution in [2.45, 2.75) is 38.5 Å². The molecule has 3 aromatic rings. The lowest BCUT2D eigenvalue weighted by Gasteiger charge is -2.35. The van der Waals surface area contributed by atoms with Crippen LogP contribution in [0.4, 0.5) is 15.9 Å². The van der Waals surface area contributed by atoms with E-state index in [0.29, 0.717) is 18.5 Å². The minimum Gasteiger partial charge on any atom is -0.353 e. The maximum atomic E-state index is 14.7. The molecule has 1 saturated heterocycles. The standard InChI is InChI=1S/C25H29FN4OS/c1-25(2)16-23(31)27-21-15-20(26)17(14-19(21)25)6-5-9-29-10-12-30(13-11-29)24-18-7-3-4-8-22(18)32-28-24/h3-4,7-8,14-15H,5-6,9-13,16H2,1-2H3,(H,27,31). The highest BCUT2D eigenvalue weighted by Gasteiger charge is 2.32. The number of anilines is 2. The van der Waals surface area contributed by atoms with Crippen molar-refractivity contribution >= 4 is 39.0 Å². The molecule has 0 atom stereocenters. The number of aryl methyl sites for hydroxylation is 1. The number of hydrogen-bond acceptors (Lipinski definition) is 5. The minimum atomic E-state index is -0.268. The topological polar surface area (TPSA) is 48.5 Å². The summed E-state index contributed by atoms with van der Waals surface area (Å²) in [5.74, 6) is 0.845. The van der Waals surface area contributed by atoms with E-state index in [1.807, 2.05) is 6.07 Å². The third-order valence-corrected chi connectivity index (χ3v) is 7.56. The van der Waals surface area contributed by atoms with Crippen LogP contribution in [0.3, 0.4) is 0 Å². The fraction of sp³-hybridized carbons (Fsp3) is 0.440. The molecule has 3 heterocycles. The number of benzene rings is 2. The van der Waals surface area contributed by atoms with Crippen LogP contribution in [0.1, 0.15) is 37.8 Å². The smallest absolute Gasteiger partial charge is 0.225 e. The van der Waals surface area contributed by atoms with Crippen LogP contribution >= 0.6 is 11.5 Å². The average molecular weight is 453 g/mol. The number of nitrogens with zero attached hydrogens (tertiary/aromatic N) is 3. The molecule has 2 aromatic carbocycles. The van der Waals surface area contributed by atoms with E-state index in [-0.39, 0.29) is 17.1 Å². The summed E-state index contributed by atoms with van der Waals surface area (Å²) in [6.45, 7) is 9.00. The van der Waals surface area contributed by atoms with Crippen molar-refractivity contribution in [3.05, 3.63) is 53.3 Å². The Morgan fingerprint density at radius 3 is 2.75 bits per heavy atom. The second kappa shape index (κ2) is 8.45. The SMILES string of the molecule is CC1(C)CC(=O)Nc2cc(F)c(CCCN3CCN(c4nsc5ccccc45)CC3)cc21. The lowest BCUT2D eigenvalue weighted by Crippen LogP contribution is -2.46. The van der Waals surface area contributed by atoms with Gasteiger partial charge in [0.2, 0.25) is 5.91 Å². The number of aromatic nitrogens is 1. The molecule has 5 rings (SSSR count). The average Bonchev–Trinajstić information content (AvgIpc) is 3.18. The van der Waals surface area contributed by atoms with Gasteiger partial charge in [0, 0.05) is 49.1 Å². The highest BCUT2D eigenvalue weighted by atomic mass is 32.1. The van der Waals surface area contributed by atoms with E-state index >= 15 is 0 Å². The number of amides is 1. The monoisotopic (exact) mass is 452 g/mol. The summed E-state index contributed by atoms with van der Waals surface area (Å²) >= 11 is 1.57. The van der Waals surface area contributed by atoms with Crippen LogP contribution in [0.5, 0.6) is 0 Å². The van der Waals surface area contributed by atoms with Crippen LogP contribution in [0.2, 0.25) is 0 Å². The van der Waals surface area contributed by atoms with Crippen molar-refractivity contribution in [2.24, 2.45) is 0 Å². The quantitative estimate of drug-likeness (QED) is 0.604. The molecule has 32 heavy (non-hydrogen) atoms. The molecular weight excluding hydrogens is 423 g/mol. The van der Waals surface area contributed by atoms with E-state index in [2.05, 4.69) is 57.6 Å². The third kappa shape index (κ3) is 4.11. The first-order valence-corrected chi connectivity index (χ1v) is 12.1. The lowest BCUT2D eigenvalue weighted by molar-refractivity contribution is -0.117. The Hall–Kier alpha value is -2.51. The fourth-order valence-corrected chi connectivity index (χ4v) is 5.74. The lowest BCUT2D eigenvalue weighted by atomic mass is 9.77. The maximum Gasteiger partial charge on any atom is 0.225 e. The molecule has 0 bridgehead atoms. The first-order valence-electron chi connectivity index (χ1n) is 11.4. The Morgan fingerprint density at radius 2 is 1.94 bits per heavy atom. The molecule has 1 N–H and O–H groups in total. The molecule has 0 spiro atoms. The second-order valence-corrected chi connectivity index (χ2v) is 10.3. The number of carbonyl (C=O) groups is 1. The Bertz CT molecular complexity index is 1150. The van der Waals surface area contributed by atoms with Gasteiger partial charge in [-0.25, -0.2) is 4.39 Å². The normalized spacial score (nSPS) is 18.6. The van der Waals surface area contributed by atoms with Crippen molar-refractivity contribution in [2.75, 3.05) is 42.9 Å². The summed E-state index contributed by atoms with van der Waals surface area (Å²) in [4.78, 5) is 16.7. The van der Waals surface area contributed by atoms with Crippen LogP contribution < -0.4 is 10.2 Å². The summed E-state index contributed by atoms with van der Waals surface area (Å²) < 4.78 is 20.6. The van der Waals surface area contributed by atoms with Crippen LogP contribution in [-0.2, 0) is 16.6 Å². The van der Waals surface area contributed by atoms with Crippen LogP contribution in [0.25, 0.3) is 10.1 Å². The molecule has 1 aromatic heterocycles. The summed E-state index contributed by atoms with van der Waals surface area (Å²) in [6.07, 6.45) is 2.06. The van der Waals surface area contributed by atoms with Gasteiger partial charge in [0.05, 0.1) is 4.70 Å². The van der Waals surface area contributed by atoms with Gasteiger partial charge in [0.15, 0.2) is 0 Å². The zero-order valence-electron chi connectivity index (χ0n) is 18.7. The van der Waals surface area contributed by atoms with Gasteiger partial charge in [-0.2, -0.15) is 4.37 Å². The molecule has 168 valence electrons. The van der Waals surface area contributed by atoms with Crippen molar-refractivity contribution in [1.82, 2.24) is 9.27 Å². The number of fused-ring (bicyclic) bond motifs is 2. The van der Waals surface area contributed by atoms with E-state index < -0.39 is 0 Å². The van der Waals surface area contributed by atoms with Crippen molar-refractivity contribution in [1.29, 1.82) is 0 Å². The zero-order chi connectivity index (χ0) is 22.3. The van der Waals surface area contributed by atoms with Gasteiger partial charge in [0.1, 0.15) is 11.6 Å². The number of carbonyl (C=O) groups excluding carboxylic acids is 1. The molecular formula is C25H29FN4OS. The largest absolute Gasteiger partial charge is 0.353 e. The van der Waals surface area contributed by atoms with E-state index in [0.717, 1.165) is 56.1 Å². The Morgan fingerprint density at radius 1 is 1.16 bits per heavy atom. The summed E-state index contributed by atoms with van der Waals surface area (Å²) in [6, 6.07) is 11.9. The molecule has 2 aliphatic heterocycles. The van der Waals surface area contributed by atoms with Gasteiger partial charge in [-0.1, -0.05) is 32.0 Å². The molecule has 7 heteroatoms. The molecule has 0 aliphatic carbocycles. The second-order valence-electron chi connectivity index (χ2n) is 9.53. The predicted octanol–water partition coefficient (Wildman–Crippen LogP) is 4.81. The van der Waals surface area contributed by atoms with Gasteiger partial charge in [-0.3, -0.25) is 9.69 Å². The summed E-state index contributed by atoms with van der Waals surface area (Å²) in [5.41, 5.74) is 2.15. The maximum absolute atomic E-state index is 14.7. The van der Waals surface area contributed by atoms with E-state index in [4.69, 9.17) is 0 Å². The highest BCUT2D eigenvalue weighted by molar-refractivity contribution is 7.13. The highest BCUT2D eigenvalue weighted by Crippen LogP contribution is 2.38. The Balaban J connectivity index is 1.17. The number of nitrogens with one attached hydrogen (secondary N) is 1. The molecule has 0 radical (unpaired) electrons. The van der Waals surface area contributed by atoms with Gasteiger partial charge in [-0.05, 0) is 60.2 Å².